The van der Waals surface area contributed by atoms with Crippen LogP contribution in [0.15, 0.2) is 24.3 Å². The normalized spacial score (nSPS) is 17.1. The van der Waals surface area contributed by atoms with Gasteiger partial charge < -0.3 is 15.0 Å². The summed E-state index contributed by atoms with van der Waals surface area (Å²) in [7, 11) is 0. The standard InChI is InChI=1S/C16H20N2O2.ClH/c1-2-20-16(19)9-13-12-5-3-4-6-14(12)18-10-11(17)7-8-15(13)18;/h3-6,11H,2,7-10,17H2,1H3;1H. The minimum Gasteiger partial charge on any atom is -0.466 e. The van der Waals surface area contributed by atoms with Crippen LogP contribution in [-0.4, -0.2) is 23.2 Å². The smallest absolute Gasteiger partial charge is 0.310 e. The molecule has 0 fully saturated rings. The number of nitrogens with two attached hydrogens (primary N) is 1. The predicted molar refractivity (Wildman–Crippen MR) is 85.8 cm³/mol. The summed E-state index contributed by atoms with van der Waals surface area (Å²) in [5, 5.41) is 1.16. The van der Waals surface area contributed by atoms with Crippen molar-refractivity contribution in [1.82, 2.24) is 4.57 Å². The first kappa shape index (κ1) is 15.9. The Morgan fingerprint density at radius 3 is 2.95 bits per heavy atom. The number of carbonyl (C=O) groups excluding carboxylic acids is 1. The van der Waals surface area contributed by atoms with Gasteiger partial charge in [-0.05, 0) is 31.4 Å². The highest BCUT2D eigenvalue weighted by molar-refractivity contribution is 5.89. The molecule has 1 aliphatic heterocycles. The van der Waals surface area contributed by atoms with Crippen LogP contribution < -0.4 is 5.73 Å². The number of benzene rings is 1. The van der Waals surface area contributed by atoms with E-state index in [1.54, 1.807) is 0 Å². The lowest BCUT2D eigenvalue weighted by atomic mass is 10.0. The molecule has 0 saturated carbocycles. The molecule has 4 nitrogen and oxygen atoms in total. The summed E-state index contributed by atoms with van der Waals surface area (Å²) < 4.78 is 7.38. The molecular weight excluding hydrogens is 288 g/mol. The first-order chi connectivity index (χ1) is 9.70. The Hall–Kier alpha value is -1.52. The van der Waals surface area contributed by atoms with Gasteiger partial charge in [-0.1, -0.05) is 18.2 Å². The number of para-hydroxylation sites is 1. The van der Waals surface area contributed by atoms with E-state index in [4.69, 9.17) is 10.5 Å². The van der Waals surface area contributed by atoms with Crippen LogP contribution in [0.5, 0.6) is 0 Å². The lowest BCUT2D eigenvalue weighted by Crippen LogP contribution is -2.32. The quantitative estimate of drug-likeness (QED) is 0.886. The Morgan fingerprint density at radius 1 is 1.43 bits per heavy atom. The third kappa shape index (κ3) is 2.92. The lowest BCUT2D eigenvalue weighted by Gasteiger charge is -2.23. The number of carbonyl (C=O) groups is 1. The Kier molecular flexibility index (Phi) is 4.91. The highest BCUT2D eigenvalue weighted by Crippen LogP contribution is 2.31. The average Bonchev–Trinajstić information content (AvgIpc) is 2.74. The van der Waals surface area contributed by atoms with Crippen molar-refractivity contribution in [2.75, 3.05) is 6.61 Å². The Balaban J connectivity index is 0.00000161. The predicted octanol–water partition coefficient (Wildman–Crippen LogP) is 2.44. The van der Waals surface area contributed by atoms with Crippen molar-refractivity contribution in [3.63, 3.8) is 0 Å². The summed E-state index contributed by atoms with van der Waals surface area (Å²) in [4.78, 5) is 11.8. The van der Waals surface area contributed by atoms with Gasteiger partial charge in [0.2, 0.25) is 0 Å². The number of hydrogen-bond donors (Lipinski definition) is 1. The summed E-state index contributed by atoms with van der Waals surface area (Å²) in [6.45, 7) is 3.10. The fourth-order valence-electron chi connectivity index (χ4n) is 3.12. The Labute approximate surface area is 130 Å². The molecule has 0 amide bonds. The van der Waals surface area contributed by atoms with Gasteiger partial charge in [-0.2, -0.15) is 0 Å². The molecule has 1 aliphatic rings. The van der Waals surface area contributed by atoms with Crippen LogP contribution in [0.4, 0.5) is 0 Å². The van der Waals surface area contributed by atoms with Crippen LogP contribution in [0.25, 0.3) is 10.9 Å². The first-order valence-electron chi connectivity index (χ1n) is 7.21. The molecule has 0 spiro atoms. The van der Waals surface area contributed by atoms with Crippen molar-refractivity contribution >= 4 is 29.3 Å². The van der Waals surface area contributed by atoms with Crippen LogP contribution in [0.1, 0.15) is 24.6 Å². The highest BCUT2D eigenvalue weighted by Gasteiger charge is 2.24. The molecule has 114 valence electrons. The molecule has 2 N–H and O–H groups in total. The van der Waals surface area contributed by atoms with Crippen molar-refractivity contribution < 1.29 is 9.53 Å². The van der Waals surface area contributed by atoms with Crippen molar-refractivity contribution in [3.8, 4) is 0 Å². The fraction of sp³-hybridized carbons (Fsp3) is 0.438. The van der Waals surface area contributed by atoms with E-state index >= 15 is 0 Å². The van der Waals surface area contributed by atoms with Crippen LogP contribution in [0, 0.1) is 0 Å². The maximum atomic E-state index is 11.8. The van der Waals surface area contributed by atoms with Crippen molar-refractivity contribution in [2.45, 2.75) is 38.8 Å². The van der Waals surface area contributed by atoms with Gasteiger partial charge in [-0.25, -0.2) is 0 Å². The van der Waals surface area contributed by atoms with Crippen molar-refractivity contribution in [3.05, 3.63) is 35.5 Å². The first-order valence-corrected chi connectivity index (χ1v) is 7.21. The molecule has 1 atom stereocenters. The largest absolute Gasteiger partial charge is 0.466 e. The fourth-order valence-corrected chi connectivity index (χ4v) is 3.12. The molecule has 2 aromatic rings. The van der Waals surface area contributed by atoms with Gasteiger partial charge >= 0.3 is 5.97 Å². The third-order valence-electron chi connectivity index (χ3n) is 3.99. The third-order valence-corrected chi connectivity index (χ3v) is 3.99. The number of ether oxygens (including phenoxy) is 1. The number of rotatable bonds is 3. The van der Waals surface area contributed by atoms with Crippen LogP contribution in [-0.2, 0) is 28.9 Å². The summed E-state index contributed by atoms with van der Waals surface area (Å²) in [6.07, 6.45) is 2.27. The van der Waals surface area contributed by atoms with Crippen LogP contribution >= 0.6 is 12.4 Å². The summed E-state index contributed by atoms with van der Waals surface area (Å²) >= 11 is 0. The summed E-state index contributed by atoms with van der Waals surface area (Å²) in [6, 6.07) is 8.44. The maximum absolute atomic E-state index is 11.8. The van der Waals surface area contributed by atoms with Gasteiger partial charge in [0.05, 0.1) is 13.0 Å². The zero-order valence-corrected chi connectivity index (χ0v) is 13.0. The van der Waals surface area contributed by atoms with Gasteiger partial charge in [0, 0.05) is 29.2 Å². The van der Waals surface area contributed by atoms with Crippen molar-refractivity contribution in [2.24, 2.45) is 5.73 Å². The molecule has 0 bridgehead atoms. The molecule has 0 saturated heterocycles. The maximum Gasteiger partial charge on any atom is 0.310 e. The minimum atomic E-state index is -0.151. The van der Waals surface area contributed by atoms with E-state index in [0.29, 0.717) is 13.0 Å². The molecule has 21 heavy (non-hydrogen) atoms. The van der Waals surface area contributed by atoms with E-state index in [0.717, 1.165) is 30.3 Å². The molecule has 2 heterocycles. The van der Waals surface area contributed by atoms with Crippen LogP contribution in [0.3, 0.4) is 0 Å². The number of fused-ring (bicyclic) bond motifs is 3. The van der Waals surface area contributed by atoms with Gasteiger partial charge in [0.25, 0.3) is 0 Å². The summed E-state index contributed by atoms with van der Waals surface area (Å²) in [5.74, 6) is -0.151. The molecule has 0 radical (unpaired) electrons. The van der Waals surface area contributed by atoms with Crippen LogP contribution in [0.2, 0.25) is 0 Å². The van der Waals surface area contributed by atoms with Gasteiger partial charge in [-0.15, -0.1) is 12.4 Å². The molecule has 1 aromatic heterocycles. The van der Waals surface area contributed by atoms with E-state index < -0.39 is 0 Å². The van der Waals surface area contributed by atoms with E-state index in [-0.39, 0.29) is 24.4 Å². The van der Waals surface area contributed by atoms with Gasteiger partial charge in [0.15, 0.2) is 0 Å². The second-order valence-electron chi connectivity index (χ2n) is 5.33. The van der Waals surface area contributed by atoms with E-state index in [9.17, 15) is 4.79 Å². The van der Waals surface area contributed by atoms with E-state index in [1.165, 1.54) is 11.2 Å². The minimum absolute atomic E-state index is 0. The number of aromatic nitrogens is 1. The molecule has 3 rings (SSSR count). The molecule has 5 heteroatoms. The highest BCUT2D eigenvalue weighted by atomic mass is 35.5. The summed E-state index contributed by atoms with van der Waals surface area (Å²) in [5.41, 5.74) is 9.63. The molecular formula is C16H21ClN2O2. The Bertz CT molecular complexity index is 651. The zero-order valence-electron chi connectivity index (χ0n) is 12.2. The number of nitrogens with zero attached hydrogens (tertiary/aromatic N) is 1. The monoisotopic (exact) mass is 308 g/mol. The SMILES string of the molecule is CCOC(=O)Cc1c2n(c3ccccc13)CC(N)CC2.Cl. The number of halogens is 1. The zero-order chi connectivity index (χ0) is 14.1. The molecule has 1 unspecified atom stereocenters. The van der Waals surface area contributed by atoms with E-state index in [1.807, 2.05) is 19.1 Å². The van der Waals surface area contributed by atoms with Gasteiger partial charge in [-0.3, -0.25) is 4.79 Å². The molecule has 0 aliphatic carbocycles. The van der Waals surface area contributed by atoms with Crippen molar-refractivity contribution in [1.29, 1.82) is 0 Å². The second kappa shape index (κ2) is 6.50. The topological polar surface area (TPSA) is 57.2 Å². The number of esters is 1. The van der Waals surface area contributed by atoms with E-state index in [2.05, 4.69) is 16.7 Å². The lowest BCUT2D eigenvalue weighted by molar-refractivity contribution is -0.142. The number of hydrogen-bond acceptors (Lipinski definition) is 3. The van der Waals surface area contributed by atoms with Gasteiger partial charge in [0.1, 0.15) is 0 Å². The average molecular weight is 309 g/mol. The Morgan fingerprint density at radius 2 is 2.19 bits per heavy atom. The second-order valence-corrected chi connectivity index (χ2v) is 5.33. The molecule has 1 aromatic carbocycles.